The van der Waals surface area contributed by atoms with Crippen molar-refractivity contribution < 1.29 is 4.79 Å². The summed E-state index contributed by atoms with van der Waals surface area (Å²) in [6.45, 7) is 9.99. The second-order valence-corrected chi connectivity index (χ2v) is 6.49. The van der Waals surface area contributed by atoms with E-state index >= 15 is 0 Å². The van der Waals surface area contributed by atoms with Crippen molar-refractivity contribution in [3.63, 3.8) is 0 Å². The molecule has 1 fully saturated rings. The van der Waals surface area contributed by atoms with E-state index in [0.717, 1.165) is 24.5 Å². The van der Waals surface area contributed by atoms with Crippen molar-refractivity contribution in [1.29, 1.82) is 0 Å². The highest BCUT2D eigenvalue weighted by Crippen LogP contribution is 2.23. The minimum Gasteiger partial charge on any atom is -0.338 e. The van der Waals surface area contributed by atoms with Gasteiger partial charge in [-0.25, -0.2) is 9.50 Å². The average molecular weight is 286 g/mol. The summed E-state index contributed by atoms with van der Waals surface area (Å²) in [6.07, 6.45) is 2.84. The molecule has 0 saturated carbocycles. The first-order valence-electron chi connectivity index (χ1n) is 7.57. The summed E-state index contributed by atoms with van der Waals surface area (Å²) >= 11 is 0. The van der Waals surface area contributed by atoms with Crippen LogP contribution in [0.3, 0.4) is 0 Å². The topological polar surface area (TPSA) is 50.5 Å². The van der Waals surface area contributed by atoms with Crippen molar-refractivity contribution in [2.75, 3.05) is 13.1 Å². The molecule has 0 bridgehead atoms. The first kappa shape index (κ1) is 14.0. The van der Waals surface area contributed by atoms with Gasteiger partial charge in [0.15, 0.2) is 5.65 Å². The van der Waals surface area contributed by atoms with E-state index in [1.807, 2.05) is 24.8 Å². The Bertz CT molecular complexity index is 681. The normalized spacial score (nSPS) is 22.8. The van der Waals surface area contributed by atoms with Gasteiger partial charge in [0.1, 0.15) is 5.56 Å². The molecular weight excluding hydrogens is 264 g/mol. The molecule has 1 aliphatic rings. The lowest BCUT2D eigenvalue weighted by Crippen LogP contribution is -2.42. The van der Waals surface area contributed by atoms with Gasteiger partial charge in [-0.05, 0) is 38.2 Å². The molecule has 2 atom stereocenters. The predicted octanol–water partition coefficient (Wildman–Crippen LogP) is 2.46. The summed E-state index contributed by atoms with van der Waals surface area (Å²) in [6, 6.07) is 1.97. The molecular formula is C16H22N4O. The van der Waals surface area contributed by atoms with Gasteiger partial charge in [-0.15, -0.1) is 0 Å². The number of hydrogen-bond donors (Lipinski definition) is 0. The Labute approximate surface area is 125 Å². The summed E-state index contributed by atoms with van der Waals surface area (Å²) in [7, 11) is 0. The smallest absolute Gasteiger partial charge is 0.259 e. The maximum absolute atomic E-state index is 12.8. The molecule has 0 N–H and O–H groups in total. The summed E-state index contributed by atoms with van der Waals surface area (Å²) in [5, 5.41) is 4.32. The molecule has 2 aromatic heterocycles. The van der Waals surface area contributed by atoms with E-state index in [2.05, 4.69) is 23.9 Å². The molecule has 2 unspecified atom stereocenters. The number of aryl methyl sites for hydroxylation is 2. The Morgan fingerprint density at radius 3 is 2.57 bits per heavy atom. The van der Waals surface area contributed by atoms with Crippen molar-refractivity contribution in [3.05, 3.63) is 29.2 Å². The lowest BCUT2D eigenvalue weighted by atomic mass is 9.91. The summed E-state index contributed by atoms with van der Waals surface area (Å²) < 4.78 is 1.75. The van der Waals surface area contributed by atoms with E-state index in [0.29, 0.717) is 23.0 Å². The van der Waals surface area contributed by atoms with Gasteiger partial charge in [-0.2, -0.15) is 5.10 Å². The zero-order chi connectivity index (χ0) is 15.1. The third kappa shape index (κ3) is 2.52. The van der Waals surface area contributed by atoms with Crippen molar-refractivity contribution in [3.8, 4) is 0 Å². The number of amides is 1. The fourth-order valence-corrected chi connectivity index (χ4v) is 3.42. The number of fused-ring (bicyclic) bond motifs is 1. The lowest BCUT2D eigenvalue weighted by Gasteiger charge is -2.34. The molecule has 5 heteroatoms. The Morgan fingerprint density at radius 2 is 1.90 bits per heavy atom. The Hall–Kier alpha value is -1.91. The fourth-order valence-electron chi connectivity index (χ4n) is 3.42. The monoisotopic (exact) mass is 286 g/mol. The molecule has 1 aliphatic heterocycles. The zero-order valence-corrected chi connectivity index (χ0v) is 13.1. The van der Waals surface area contributed by atoms with Crippen LogP contribution in [0, 0.1) is 25.7 Å². The SMILES string of the molecule is Cc1cc(C)n2ncc(C(=O)N3CC(C)CC(C)C3)c2n1. The second-order valence-electron chi connectivity index (χ2n) is 6.49. The van der Waals surface area contributed by atoms with Crippen molar-refractivity contribution >= 4 is 11.6 Å². The van der Waals surface area contributed by atoms with E-state index in [-0.39, 0.29) is 5.91 Å². The molecule has 1 amide bonds. The molecule has 0 aromatic carbocycles. The van der Waals surface area contributed by atoms with E-state index in [9.17, 15) is 4.79 Å². The van der Waals surface area contributed by atoms with Crippen LogP contribution in [0.25, 0.3) is 5.65 Å². The number of piperidine rings is 1. The summed E-state index contributed by atoms with van der Waals surface area (Å²) in [4.78, 5) is 19.3. The van der Waals surface area contributed by atoms with Crippen LogP contribution < -0.4 is 0 Å². The highest BCUT2D eigenvalue weighted by Gasteiger charge is 2.28. The van der Waals surface area contributed by atoms with E-state index < -0.39 is 0 Å². The third-order valence-electron chi connectivity index (χ3n) is 4.16. The number of carbonyl (C=O) groups is 1. The minimum atomic E-state index is 0.0564. The molecule has 1 saturated heterocycles. The van der Waals surface area contributed by atoms with Gasteiger partial charge in [0.2, 0.25) is 0 Å². The van der Waals surface area contributed by atoms with E-state index in [1.165, 1.54) is 6.42 Å². The van der Waals surface area contributed by atoms with Crippen molar-refractivity contribution in [1.82, 2.24) is 19.5 Å². The molecule has 21 heavy (non-hydrogen) atoms. The summed E-state index contributed by atoms with van der Waals surface area (Å²) in [5.74, 6) is 1.16. The maximum Gasteiger partial charge on any atom is 0.259 e. The minimum absolute atomic E-state index is 0.0564. The van der Waals surface area contributed by atoms with E-state index in [1.54, 1.807) is 10.7 Å². The number of hydrogen-bond acceptors (Lipinski definition) is 3. The maximum atomic E-state index is 12.8. The van der Waals surface area contributed by atoms with Crippen molar-refractivity contribution in [2.24, 2.45) is 11.8 Å². The van der Waals surface area contributed by atoms with Crippen molar-refractivity contribution in [2.45, 2.75) is 34.1 Å². The van der Waals surface area contributed by atoms with E-state index in [4.69, 9.17) is 0 Å². The third-order valence-corrected chi connectivity index (χ3v) is 4.16. The molecule has 0 aliphatic carbocycles. The number of rotatable bonds is 1. The number of likely N-dealkylation sites (tertiary alicyclic amines) is 1. The highest BCUT2D eigenvalue weighted by atomic mass is 16.2. The second kappa shape index (κ2) is 5.13. The van der Waals surface area contributed by atoms with Crippen LogP contribution in [-0.2, 0) is 0 Å². The largest absolute Gasteiger partial charge is 0.338 e. The highest BCUT2D eigenvalue weighted by molar-refractivity contribution is 5.99. The first-order chi connectivity index (χ1) is 9.95. The standard InChI is InChI=1S/C16H22N4O/c1-10-5-11(2)9-19(8-10)16(21)14-7-17-20-13(4)6-12(3)18-15(14)20/h6-7,10-11H,5,8-9H2,1-4H3. The fraction of sp³-hybridized carbons (Fsp3) is 0.562. The van der Waals surface area contributed by atoms with Gasteiger partial charge >= 0.3 is 0 Å². The number of nitrogens with zero attached hydrogens (tertiary/aromatic N) is 4. The van der Waals surface area contributed by atoms with Crippen LogP contribution in [0.5, 0.6) is 0 Å². The lowest BCUT2D eigenvalue weighted by molar-refractivity contribution is 0.0625. The van der Waals surface area contributed by atoms with Crippen LogP contribution in [-0.4, -0.2) is 38.5 Å². The number of aromatic nitrogens is 3. The molecule has 2 aromatic rings. The van der Waals surface area contributed by atoms with Crippen LogP contribution in [0.2, 0.25) is 0 Å². The van der Waals surface area contributed by atoms with Gasteiger partial charge in [-0.3, -0.25) is 4.79 Å². The molecule has 5 nitrogen and oxygen atoms in total. The summed E-state index contributed by atoms with van der Waals surface area (Å²) in [5.41, 5.74) is 3.19. The van der Waals surface area contributed by atoms with Gasteiger partial charge in [0, 0.05) is 24.5 Å². The molecule has 0 radical (unpaired) electrons. The molecule has 112 valence electrons. The Morgan fingerprint density at radius 1 is 1.24 bits per heavy atom. The van der Waals surface area contributed by atoms with Crippen LogP contribution >= 0.6 is 0 Å². The van der Waals surface area contributed by atoms with Gasteiger partial charge in [0.05, 0.1) is 6.20 Å². The first-order valence-corrected chi connectivity index (χ1v) is 7.57. The average Bonchev–Trinajstić information content (AvgIpc) is 2.80. The Balaban J connectivity index is 1.98. The van der Waals surface area contributed by atoms with Crippen LogP contribution in [0.15, 0.2) is 12.3 Å². The van der Waals surface area contributed by atoms with Gasteiger partial charge in [0.25, 0.3) is 5.91 Å². The molecule has 3 heterocycles. The van der Waals surface area contributed by atoms with Crippen LogP contribution in [0.4, 0.5) is 0 Å². The quantitative estimate of drug-likeness (QED) is 0.809. The number of carbonyl (C=O) groups excluding carboxylic acids is 1. The Kier molecular flexibility index (Phi) is 3.43. The molecule has 3 rings (SSSR count). The van der Waals surface area contributed by atoms with Gasteiger partial charge < -0.3 is 4.90 Å². The van der Waals surface area contributed by atoms with Crippen LogP contribution in [0.1, 0.15) is 42.0 Å². The molecule has 0 spiro atoms. The predicted molar refractivity (Wildman–Crippen MR) is 81.3 cm³/mol. The van der Waals surface area contributed by atoms with Gasteiger partial charge in [-0.1, -0.05) is 13.8 Å². The zero-order valence-electron chi connectivity index (χ0n) is 13.1.